The summed E-state index contributed by atoms with van der Waals surface area (Å²) in [6.07, 6.45) is 2.96. The van der Waals surface area contributed by atoms with Gasteiger partial charge in [0.05, 0.1) is 17.2 Å². The lowest BCUT2D eigenvalue weighted by molar-refractivity contribution is -0.143. The molecule has 1 fully saturated rings. The number of nitrogens with zero attached hydrogens (tertiary/aromatic N) is 4. The summed E-state index contributed by atoms with van der Waals surface area (Å²) in [6, 6.07) is 7.68. The molecule has 1 amide bonds. The molecule has 3 rings (SSSR count). The normalized spacial score (nSPS) is 17.5. The third-order valence-electron chi connectivity index (χ3n) is 5.02. The number of pyridine rings is 1. The van der Waals surface area contributed by atoms with E-state index in [0.29, 0.717) is 17.5 Å². The molecule has 2 aromatic heterocycles. The number of alkyl halides is 1. The zero-order valence-electron chi connectivity index (χ0n) is 17.0. The van der Waals surface area contributed by atoms with Gasteiger partial charge in [0.15, 0.2) is 0 Å². The first-order valence-corrected chi connectivity index (χ1v) is 10.3. The van der Waals surface area contributed by atoms with Crippen LogP contribution in [-0.2, 0) is 4.79 Å². The summed E-state index contributed by atoms with van der Waals surface area (Å²) in [5.41, 5.74) is 1.20. The molecule has 0 saturated carbocycles. The molecule has 0 radical (unpaired) electrons. The van der Waals surface area contributed by atoms with Crippen LogP contribution in [0.5, 0.6) is 0 Å². The van der Waals surface area contributed by atoms with Crippen LogP contribution >= 0.6 is 11.6 Å². The minimum absolute atomic E-state index is 0.0588. The van der Waals surface area contributed by atoms with Gasteiger partial charge < -0.3 is 10.2 Å². The van der Waals surface area contributed by atoms with E-state index in [-0.39, 0.29) is 11.9 Å². The largest absolute Gasteiger partial charge is 0.334 e. The van der Waals surface area contributed by atoms with Gasteiger partial charge >= 0.3 is 0 Å². The molecule has 28 heavy (non-hydrogen) atoms. The topological polar surface area (TPSA) is 71.0 Å². The highest BCUT2D eigenvalue weighted by molar-refractivity contribution is 6.19. The lowest BCUT2D eigenvalue weighted by atomic mass is 9.90. The van der Waals surface area contributed by atoms with E-state index in [9.17, 15) is 4.79 Å². The molecule has 0 aromatic carbocycles. The third kappa shape index (κ3) is 4.61. The number of carbonyl (C=O) groups is 1. The van der Waals surface area contributed by atoms with Crippen LogP contribution < -0.4 is 5.32 Å². The average Bonchev–Trinajstić information content (AvgIpc) is 2.67. The maximum atomic E-state index is 13.1. The lowest BCUT2D eigenvalue weighted by Gasteiger charge is -2.39. The second kappa shape index (κ2) is 8.43. The van der Waals surface area contributed by atoms with Crippen LogP contribution in [0.4, 0.5) is 11.6 Å². The Labute approximate surface area is 171 Å². The van der Waals surface area contributed by atoms with Crippen molar-refractivity contribution in [3.8, 4) is 0 Å². The summed E-state index contributed by atoms with van der Waals surface area (Å²) < 4.78 is 0. The first-order valence-electron chi connectivity index (χ1n) is 9.73. The Balaban J connectivity index is 1.90. The van der Waals surface area contributed by atoms with E-state index in [4.69, 9.17) is 11.6 Å². The van der Waals surface area contributed by atoms with Crippen molar-refractivity contribution in [1.29, 1.82) is 0 Å². The Hall–Kier alpha value is -2.21. The van der Waals surface area contributed by atoms with Gasteiger partial charge in [-0.05, 0) is 59.1 Å². The summed E-state index contributed by atoms with van der Waals surface area (Å²) in [5.74, 6) is 2.48. The predicted octanol–water partition coefficient (Wildman–Crippen LogP) is 4.55. The number of halogens is 1. The van der Waals surface area contributed by atoms with Crippen molar-refractivity contribution < 1.29 is 4.79 Å². The molecule has 1 unspecified atom stereocenters. The molecule has 0 aliphatic carbocycles. The van der Waals surface area contributed by atoms with Gasteiger partial charge in [-0.25, -0.2) is 15.0 Å². The summed E-state index contributed by atoms with van der Waals surface area (Å²) in [7, 11) is 0. The van der Waals surface area contributed by atoms with Gasteiger partial charge in [0.1, 0.15) is 17.5 Å². The van der Waals surface area contributed by atoms with Crippen LogP contribution in [0.15, 0.2) is 24.3 Å². The Bertz CT molecular complexity index is 854. The van der Waals surface area contributed by atoms with Gasteiger partial charge in [-0.2, -0.15) is 0 Å². The van der Waals surface area contributed by atoms with Crippen molar-refractivity contribution in [1.82, 2.24) is 19.9 Å². The van der Waals surface area contributed by atoms with Gasteiger partial charge in [0.25, 0.3) is 0 Å². The van der Waals surface area contributed by atoms with E-state index in [1.165, 1.54) is 0 Å². The molecule has 2 aromatic rings. The number of hydrogen-bond acceptors (Lipinski definition) is 5. The van der Waals surface area contributed by atoms with Crippen LogP contribution in [-0.4, -0.2) is 38.2 Å². The lowest BCUT2D eigenvalue weighted by Crippen LogP contribution is -2.46. The average molecular weight is 402 g/mol. The van der Waals surface area contributed by atoms with E-state index in [1.807, 2.05) is 56.9 Å². The molecule has 1 atom stereocenters. The fraction of sp³-hybridized carbons (Fsp3) is 0.524. The molecule has 6 nitrogen and oxygen atoms in total. The maximum Gasteiger partial charge on any atom is 0.229 e. The zero-order chi connectivity index (χ0) is 20.3. The van der Waals surface area contributed by atoms with Crippen LogP contribution in [0.3, 0.4) is 0 Å². The van der Waals surface area contributed by atoms with E-state index in [1.54, 1.807) is 0 Å². The zero-order valence-corrected chi connectivity index (χ0v) is 17.8. The third-order valence-corrected chi connectivity index (χ3v) is 5.69. The van der Waals surface area contributed by atoms with E-state index in [2.05, 4.69) is 20.3 Å². The highest BCUT2D eigenvalue weighted by Crippen LogP contribution is 2.35. The number of piperidine rings is 1. The van der Waals surface area contributed by atoms with Crippen molar-refractivity contribution in [2.75, 3.05) is 17.7 Å². The molecule has 1 aliphatic heterocycles. The number of carbonyl (C=O) groups excluding carboxylic acids is 1. The quantitative estimate of drug-likeness (QED) is 0.744. The van der Waals surface area contributed by atoms with E-state index >= 15 is 0 Å². The fourth-order valence-electron chi connectivity index (χ4n) is 3.50. The molecular weight excluding hydrogens is 374 g/mol. The van der Waals surface area contributed by atoms with Crippen LogP contribution in [0, 0.1) is 19.3 Å². The highest BCUT2D eigenvalue weighted by atomic mass is 35.5. The minimum Gasteiger partial charge on any atom is -0.334 e. The summed E-state index contributed by atoms with van der Waals surface area (Å²) in [5, 5.41) is 3.26. The monoisotopic (exact) mass is 401 g/mol. The summed E-state index contributed by atoms with van der Waals surface area (Å²) in [6.45, 7) is 8.35. The molecule has 0 spiro atoms. The number of aromatic nitrogens is 3. The van der Waals surface area contributed by atoms with Crippen LogP contribution in [0.2, 0.25) is 0 Å². The number of nitrogens with one attached hydrogen (secondary N) is 1. The molecule has 3 heterocycles. The fourth-order valence-corrected chi connectivity index (χ4v) is 3.61. The van der Waals surface area contributed by atoms with Crippen LogP contribution in [0.1, 0.15) is 56.4 Å². The molecule has 150 valence electrons. The molecule has 1 N–H and O–H groups in total. The van der Waals surface area contributed by atoms with Gasteiger partial charge in [0.2, 0.25) is 5.91 Å². The molecular formula is C21H28ClN5O. The van der Waals surface area contributed by atoms with E-state index < -0.39 is 5.41 Å². The number of hydrogen-bond donors (Lipinski definition) is 1. The van der Waals surface area contributed by atoms with Gasteiger partial charge in [0, 0.05) is 24.2 Å². The standard InChI is InChI=1S/C21H28ClN5O/c1-14-8-7-10-18(23-14)26-19-12-16(24-15(2)25-19)17-9-5-6-11-27(17)20(28)21(3,4)13-22/h7-8,10,12,17H,5-6,9,11,13H2,1-4H3,(H,23,24,25,26). The Morgan fingerprint density at radius 2 is 2.00 bits per heavy atom. The van der Waals surface area contributed by atoms with Gasteiger partial charge in [-0.1, -0.05) is 6.07 Å². The summed E-state index contributed by atoms with van der Waals surface area (Å²) in [4.78, 5) is 28.7. The van der Waals surface area contributed by atoms with Crippen molar-refractivity contribution in [2.45, 2.75) is 53.0 Å². The first-order chi connectivity index (χ1) is 13.3. The Morgan fingerprint density at radius 3 is 2.71 bits per heavy atom. The molecule has 7 heteroatoms. The minimum atomic E-state index is -0.591. The van der Waals surface area contributed by atoms with Crippen molar-refractivity contribution >= 4 is 29.1 Å². The van der Waals surface area contributed by atoms with Crippen molar-refractivity contribution in [3.05, 3.63) is 41.5 Å². The van der Waals surface area contributed by atoms with Gasteiger partial charge in [-0.15, -0.1) is 11.6 Å². The number of likely N-dealkylation sites (tertiary alicyclic amines) is 1. The smallest absolute Gasteiger partial charge is 0.229 e. The Morgan fingerprint density at radius 1 is 1.21 bits per heavy atom. The highest BCUT2D eigenvalue weighted by Gasteiger charge is 2.37. The molecule has 1 aliphatic rings. The van der Waals surface area contributed by atoms with Crippen molar-refractivity contribution in [2.24, 2.45) is 5.41 Å². The first kappa shape index (κ1) is 20.5. The predicted molar refractivity (Wildman–Crippen MR) is 112 cm³/mol. The van der Waals surface area contributed by atoms with E-state index in [0.717, 1.165) is 43.0 Å². The number of aryl methyl sites for hydroxylation is 2. The molecule has 1 saturated heterocycles. The Kier molecular flexibility index (Phi) is 6.18. The van der Waals surface area contributed by atoms with Gasteiger partial charge in [-0.3, -0.25) is 4.79 Å². The second-order valence-corrected chi connectivity index (χ2v) is 8.31. The van der Waals surface area contributed by atoms with Crippen molar-refractivity contribution in [3.63, 3.8) is 0 Å². The second-order valence-electron chi connectivity index (χ2n) is 8.04. The van der Waals surface area contributed by atoms with Crippen LogP contribution in [0.25, 0.3) is 0 Å². The summed E-state index contributed by atoms with van der Waals surface area (Å²) >= 11 is 6.06. The number of rotatable bonds is 5. The maximum absolute atomic E-state index is 13.1. The number of amides is 1. The SMILES string of the molecule is Cc1cccc(Nc2cc(C3CCCCN3C(=O)C(C)(C)CCl)nc(C)n2)n1. The number of anilines is 2. The molecule has 0 bridgehead atoms.